The molecule has 38 heavy (non-hydrogen) atoms. The highest BCUT2D eigenvalue weighted by Crippen LogP contribution is 2.24. The third-order valence-corrected chi connectivity index (χ3v) is 6.09. The molecule has 3 aromatic heterocycles. The topological polar surface area (TPSA) is 130 Å². The van der Waals surface area contributed by atoms with Crippen LogP contribution in [0.4, 0.5) is 5.82 Å². The average molecular weight is 508 g/mol. The van der Waals surface area contributed by atoms with Gasteiger partial charge < -0.3 is 16.2 Å². The molecule has 2 aromatic carbocycles. The van der Waals surface area contributed by atoms with E-state index in [-0.39, 0.29) is 16.9 Å². The summed E-state index contributed by atoms with van der Waals surface area (Å²) in [5, 5.41) is 17.1. The van der Waals surface area contributed by atoms with Crippen LogP contribution in [-0.2, 0) is 0 Å². The maximum atomic E-state index is 14.0. The van der Waals surface area contributed by atoms with Crippen molar-refractivity contribution in [1.29, 1.82) is 0 Å². The first-order valence-electron chi connectivity index (χ1n) is 12.1. The van der Waals surface area contributed by atoms with E-state index in [1.54, 1.807) is 47.5 Å². The van der Waals surface area contributed by atoms with Crippen molar-refractivity contribution in [3.05, 3.63) is 100 Å². The zero-order valence-corrected chi connectivity index (χ0v) is 21.2. The minimum atomic E-state index is -1.21. The Hall–Kier alpha value is -4.94. The lowest BCUT2D eigenvalue weighted by Gasteiger charge is -2.21. The number of para-hydroxylation sites is 1. The second-order valence-electron chi connectivity index (χ2n) is 9.53. The average Bonchev–Trinajstić information content (AvgIpc) is 3.23. The number of nitrogen functional groups attached to an aromatic ring is 1. The number of carbonyl (C=O) groups excluding carboxylic acids is 1. The van der Waals surface area contributed by atoms with Crippen LogP contribution < -0.4 is 21.1 Å². The summed E-state index contributed by atoms with van der Waals surface area (Å²) in [7, 11) is 0. The van der Waals surface area contributed by atoms with E-state index < -0.39 is 17.6 Å². The molecule has 0 bridgehead atoms. The van der Waals surface area contributed by atoms with E-state index in [1.165, 1.54) is 0 Å². The van der Waals surface area contributed by atoms with E-state index in [9.17, 15) is 14.7 Å². The standard InChI is InChI=1S/C29H26N6O3/c1-18(32-27(36)24-25(30)33-34-16-8-15-31-26(24)34)22-17-20-10-7-9-19(13-14-29(2,3)38)23(20)28(37)35(22)21-11-5-4-6-12-21/h4-12,15-18,38H,1-3H3,(H3,30,32,33,36)/p+1. The molecule has 1 unspecified atom stereocenters. The quantitative estimate of drug-likeness (QED) is 0.220. The number of benzene rings is 2. The van der Waals surface area contributed by atoms with Crippen LogP contribution >= 0.6 is 0 Å². The monoisotopic (exact) mass is 507 g/mol. The lowest BCUT2D eigenvalue weighted by Crippen LogP contribution is -2.33. The number of hydrogen-bond acceptors (Lipinski definition) is 5. The highest BCUT2D eigenvalue weighted by molar-refractivity contribution is 6.03. The third-order valence-electron chi connectivity index (χ3n) is 6.09. The highest BCUT2D eigenvalue weighted by atomic mass is 16.3. The van der Waals surface area contributed by atoms with Crippen LogP contribution in [0.25, 0.3) is 22.1 Å². The molecule has 5 aromatic rings. The van der Waals surface area contributed by atoms with Gasteiger partial charge in [-0.25, -0.2) is 5.10 Å². The predicted octanol–water partition coefficient (Wildman–Crippen LogP) is 2.65. The molecule has 1 atom stereocenters. The SMILES string of the molecule is CC(NC(=O)c1c(N)[nH][n+]2cccnc12)c1cc2cccc(C#CC(C)(C)O)c2c(=O)n1-c1ccccc1. The summed E-state index contributed by atoms with van der Waals surface area (Å²) in [5.41, 5.74) is 6.95. The first-order valence-corrected chi connectivity index (χ1v) is 12.1. The van der Waals surface area contributed by atoms with Gasteiger partial charge in [-0.15, -0.1) is 4.52 Å². The Labute approximate surface area is 218 Å². The number of aliphatic hydroxyl groups is 1. The number of fused-ring (bicyclic) bond motifs is 2. The summed E-state index contributed by atoms with van der Waals surface area (Å²) in [6, 6.07) is 17.6. The van der Waals surface area contributed by atoms with Crippen LogP contribution in [0.2, 0.25) is 0 Å². The number of amides is 1. The van der Waals surface area contributed by atoms with E-state index >= 15 is 0 Å². The van der Waals surface area contributed by atoms with E-state index in [0.29, 0.717) is 33.4 Å². The largest absolute Gasteiger partial charge is 0.382 e. The van der Waals surface area contributed by atoms with Crippen LogP contribution in [0.3, 0.4) is 0 Å². The van der Waals surface area contributed by atoms with Crippen LogP contribution in [0.1, 0.15) is 48.4 Å². The summed E-state index contributed by atoms with van der Waals surface area (Å²) in [4.78, 5) is 31.7. The number of aromatic amines is 1. The number of nitrogens with zero attached hydrogens (tertiary/aromatic N) is 3. The van der Waals surface area contributed by atoms with E-state index in [2.05, 4.69) is 27.2 Å². The van der Waals surface area contributed by atoms with E-state index in [1.807, 2.05) is 55.5 Å². The van der Waals surface area contributed by atoms with Gasteiger partial charge in [-0.05, 0) is 55.4 Å². The molecule has 0 aliphatic carbocycles. The van der Waals surface area contributed by atoms with Gasteiger partial charge in [0.05, 0.1) is 11.4 Å². The van der Waals surface area contributed by atoms with Crippen LogP contribution in [0, 0.1) is 11.8 Å². The number of H-pyrrole nitrogens is 1. The Morgan fingerprint density at radius 3 is 2.68 bits per heavy atom. The number of aromatic nitrogens is 4. The molecule has 9 nitrogen and oxygen atoms in total. The van der Waals surface area contributed by atoms with Crippen LogP contribution in [0.15, 0.2) is 77.9 Å². The Morgan fingerprint density at radius 2 is 1.95 bits per heavy atom. The van der Waals surface area contributed by atoms with Gasteiger partial charge in [0.15, 0.2) is 11.4 Å². The van der Waals surface area contributed by atoms with Gasteiger partial charge in [-0.3, -0.25) is 14.2 Å². The fourth-order valence-corrected chi connectivity index (χ4v) is 4.39. The number of pyridine rings is 1. The van der Waals surface area contributed by atoms with E-state index in [4.69, 9.17) is 5.73 Å². The van der Waals surface area contributed by atoms with Gasteiger partial charge in [0.1, 0.15) is 18.0 Å². The normalized spacial score (nSPS) is 12.2. The molecule has 9 heteroatoms. The zero-order chi connectivity index (χ0) is 27.0. The van der Waals surface area contributed by atoms with Gasteiger partial charge in [-0.1, -0.05) is 42.2 Å². The molecule has 0 radical (unpaired) electrons. The summed E-state index contributed by atoms with van der Waals surface area (Å²) >= 11 is 0. The lowest BCUT2D eigenvalue weighted by molar-refractivity contribution is -0.577. The van der Waals surface area contributed by atoms with Crippen molar-refractivity contribution in [2.24, 2.45) is 0 Å². The number of rotatable bonds is 4. The number of nitrogens with two attached hydrogens (primary N) is 1. The second-order valence-corrected chi connectivity index (χ2v) is 9.53. The third kappa shape index (κ3) is 4.61. The lowest BCUT2D eigenvalue weighted by atomic mass is 10.0. The molecule has 1 amide bonds. The minimum absolute atomic E-state index is 0.183. The molecule has 5 N–H and O–H groups in total. The second kappa shape index (κ2) is 9.50. The fraction of sp³-hybridized carbons (Fsp3) is 0.172. The number of nitrogens with one attached hydrogen (secondary N) is 2. The van der Waals surface area contributed by atoms with Crippen molar-refractivity contribution in [3.63, 3.8) is 0 Å². The molecule has 0 fully saturated rings. The first kappa shape index (κ1) is 24.7. The molecule has 0 aliphatic heterocycles. The maximum Gasteiger partial charge on any atom is 0.362 e. The molecule has 3 heterocycles. The van der Waals surface area contributed by atoms with Crippen molar-refractivity contribution < 1.29 is 14.4 Å². The predicted molar refractivity (Wildman–Crippen MR) is 145 cm³/mol. The number of carbonyl (C=O) groups is 1. The molecule has 0 aliphatic rings. The van der Waals surface area contributed by atoms with Crippen molar-refractivity contribution in [2.45, 2.75) is 32.4 Å². The van der Waals surface area contributed by atoms with Gasteiger partial charge in [0.25, 0.3) is 11.5 Å². The number of hydrogen-bond donors (Lipinski definition) is 4. The van der Waals surface area contributed by atoms with Crippen molar-refractivity contribution in [2.75, 3.05) is 5.73 Å². The molecular formula is C29H27N6O3+. The minimum Gasteiger partial charge on any atom is -0.382 e. The maximum absolute atomic E-state index is 14.0. The molecule has 0 saturated carbocycles. The summed E-state index contributed by atoms with van der Waals surface area (Å²) in [6.45, 7) is 4.98. The summed E-state index contributed by atoms with van der Waals surface area (Å²) < 4.78 is 3.15. The van der Waals surface area contributed by atoms with Gasteiger partial charge in [0, 0.05) is 23.0 Å². The summed E-state index contributed by atoms with van der Waals surface area (Å²) in [5.74, 6) is 5.51. The molecule has 0 spiro atoms. The summed E-state index contributed by atoms with van der Waals surface area (Å²) in [6.07, 6.45) is 3.30. The highest BCUT2D eigenvalue weighted by Gasteiger charge is 2.27. The molecule has 0 saturated heterocycles. The van der Waals surface area contributed by atoms with E-state index in [0.717, 1.165) is 0 Å². The van der Waals surface area contributed by atoms with Crippen molar-refractivity contribution in [3.8, 4) is 17.5 Å². The Kier molecular flexibility index (Phi) is 6.18. The van der Waals surface area contributed by atoms with Crippen molar-refractivity contribution in [1.82, 2.24) is 20.0 Å². The van der Waals surface area contributed by atoms with Gasteiger partial charge in [0.2, 0.25) is 0 Å². The Balaban J connectivity index is 1.66. The molecule has 190 valence electrons. The zero-order valence-electron chi connectivity index (χ0n) is 21.2. The smallest absolute Gasteiger partial charge is 0.362 e. The number of anilines is 1. The molecular weight excluding hydrogens is 480 g/mol. The first-order chi connectivity index (χ1) is 18.1. The van der Waals surface area contributed by atoms with Gasteiger partial charge >= 0.3 is 5.65 Å². The Bertz CT molecular complexity index is 1800. The molecule has 5 rings (SSSR count). The van der Waals surface area contributed by atoms with Crippen molar-refractivity contribution >= 4 is 28.1 Å². The fourth-order valence-electron chi connectivity index (χ4n) is 4.39. The Morgan fingerprint density at radius 1 is 1.18 bits per heavy atom. The van der Waals surface area contributed by atoms with Gasteiger partial charge in [-0.2, -0.15) is 0 Å². The van der Waals surface area contributed by atoms with Crippen LogP contribution in [0.5, 0.6) is 0 Å². The van der Waals surface area contributed by atoms with Crippen LogP contribution in [-0.4, -0.2) is 31.3 Å².